The fraction of sp³-hybridized carbons (Fsp3) is 0.526. The normalized spacial score (nSPS) is 15.0. The highest BCUT2D eigenvalue weighted by Crippen LogP contribution is 2.41. The lowest BCUT2D eigenvalue weighted by Gasteiger charge is -2.29. The smallest absolute Gasteiger partial charge is 0.256 e. The van der Waals surface area contributed by atoms with Crippen LogP contribution in [0.3, 0.4) is 0 Å². The number of benzene rings is 1. The molecule has 1 heterocycles. The van der Waals surface area contributed by atoms with Gasteiger partial charge in [-0.3, -0.25) is 4.79 Å². The second kappa shape index (κ2) is 6.57. The van der Waals surface area contributed by atoms with Crippen LogP contribution >= 0.6 is 0 Å². The number of rotatable bonds is 7. The molecule has 1 aromatic heterocycles. The van der Waals surface area contributed by atoms with Crippen molar-refractivity contribution in [2.75, 3.05) is 27.4 Å². The molecule has 130 valence electrons. The summed E-state index contributed by atoms with van der Waals surface area (Å²) in [6.45, 7) is 4.48. The number of nitrogens with one attached hydrogen (secondary N) is 1. The van der Waals surface area contributed by atoms with E-state index in [-0.39, 0.29) is 5.91 Å². The van der Waals surface area contributed by atoms with Crippen LogP contribution < -0.4 is 5.32 Å². The highest BCUT2D eigenvalue weighted by atomic mass is 16.5. The molecule has 0 saturated heterocycles. The first-order chi connectivity index (χ1) is 11.5. The minimum absolute atomic E-state index is 0.157. The topological polar surface area (TPSA) is 60.7 Å². The Morgan fingerprint density at radius 2 is 1.96 bits per heavy atom. The summed E-state index contributed by atoms with van der Waals surface area (Å²) in [6.07, 6.45) is 2.45. The van der Waals surface area contributed by atoms with Gasteiger partial charge in [-0.2, -0.15) is 0 Å². The zero-order valence-corrected chi connectivity index (χ0v) is 14.8. The van der Waals surface area contributed by atoms with E-state index in [1.54, 1.807) is 14.2 Å². The van der Waals surface area contributed by atoms with Crippen molar-refractivity contribution >= 4 is 16.9 Å². The van der Waals surface area contributed by atoms with Gasteiger partial charge in [0.15, 0.2) is 0 Å². The molecular formula is C19H25NO4. The van der Waals surface area contributed by atoms with Gasteiger partial charge in [-0.1, -0.05) is 6.07 Å². The second-order valence-electron chi connectivity index (χ2n) is 6.94. The van der Waals surface area contributed by atoms with Crippen LogP contribution in [0.2, 0.25) is 0 Å². The number of furan rings is 1. The molecule has 3 rings (SSSR count). The average molecular weight is 331 g/mol. The Morgan fingerprint density at radius 3 is 2.54 bits per heavy atom. The number of ether oxygens (including phenoxy) is 2. The SMILES string of the molecule is COCC(C)(COC)NC(=O)c1c(C)oc2ccc(C3CC3)cc12. The van der Waals surface area contributed by atoms with E-state index in [1.807, 2.05) is 19.9 Å². The van der Waals surface area contributed by atoms with Crippen LogP contribution in [0, 0.1) is 6.92 Å². The molecule has 1 aliphatic carbocycles. The zero-order chi connectivity index (χ0) is 17.3. The van der Waals surface area contributed by atoms with Crippen LogP contribution in [0.1, 0.15) is 47.4 Å². The summed E-state index contributed by atoms with van der Waals surface area (Å²) < 4.78 is 16.3. The Bertz CT molecular complexity index is 739. The molecule has 5 heteroatoms. The predicted octanol–water partition coefficient (Wildman–Crippen LogP) is 3.40. The Kier molecular flexibility index (Phi) is 4.65. The molecule has 0 aliphatic heterocycles. The maximum absolute atomic E-state index is 12.9. The molecule has 5 nitrogen and oxygen atoms in total. The van der Waals surface area contributed by atoms with Gasteiger partial charge in [-0.15, -0.1) is 0 Å². The Hall–Kier alpha value is -1.85. The number of hydrogen-bond donors (Lipinski definition) is 1. The molecule has 1 fully saturated rings. The lowest BCUT2D eigenvalue weighted by Crippen LogP contribution is -2.52. The molecule has 0 atom stereocenters. The Morgan fingerprint density at radius 1 is 1.29 bits per heavy atom. The van der Waals surface area contributed by atoms with Gasteiger partial charge in [0.05, 0.1) is 24.3 Å². The molecule has 1 saturated carbocycles. The highest BCUT2D eigenvalue weighted by Gasteiger charge is 2.30. The van der Waals surface area contributed by atoms with E-state index >= 15 is 0 Å². The standard InChI is InChI=1S/C19H25NO4/c1-12-17(18(21)20-19(2,10-22-3)11-23-4)15-9-14(13-5-6-13)7-8-16(15)24-12/h7-9,13H,5-6,10-11H2,1-4H3,(H,20,21). The first-order valence-electron chi connectivity index (χ1n) is 8.31. The maximum Gasteiger partial charge on any atom is 0.256 e. The van der Waals surface area contributed by atoms with Gasteiger partial charge < -0.3 is 19.2 Å². The van der Waals surface area contributed by atoms with E-state index in [4.69, 9.17) is 13.9 Å². The number of carbonyl (C=O) groups excluding carboxylic acids is 1. The third kappa shape index (κ3) is 3.32. The number of methoxy groups -OCH3 is 2. The molecular weight excluding hydrogens is 306 g/mol. The van der Waals surface area contributed by atoms with E-state index in [2.05, 4.69) is 17.4 Å². The first kappa shape index (κ1) is 17.0. The minimum Gasteiger partial charge on any atom is -0.461 e. The molecule has 2 aromatic rings. The molecule has 1 amide bonds. The van der Waals surface area contributed by atoms with Gasteiger partial charge in [0.1, 0.15) is 11.3 Å². The monoisotopic (exact) mass is 331 g/mol. The summed E-state index contributed by atoms with van der Waals surface area (Å²) in [4.78, 5) is 12.9. The zero-order valence-electron chi connectivity index (χ0n) is 14.8. The average Bonchev–Trinajstić information content (AvgIpc) is 3.29. The lowest BCUT2D eigenvalue weighted by atomic mass is 10.0. The van der Waals surface area contributed by atoms with Crippen molar-refractivity contribution in [3.8, 4) is 0 Å². The van der Waals surface area contributed by atoms with Crippen LogP contribution in [0.5, 0.6) is 0 Å². The van der Waals surface area contributed by atoms with Crippen molar-refractivity contribution in [2.24, 2.45) is 0 Å². The fourth-order valence-corrected chi connectivity index (χ4v) is 3.28. The van der Waals surface area contributed by atoms with E-state index in [0.717, 1.165) is 11.0 Å². The second-order valence-corrected chi connectivity index (χ2v) is 6.94. The van der Waals surface area contributed by atoms with E-state index in [9.17, 15) is 4.79 Å². The Balaban J connectivity index is 1.93. The van der Waals surface area contributed by atoms with Gasteiger partial charge in [-0.25, -0.2) is 0 Å². The van der Waals surface area contributed by atoms with Crippen LogP contribution in [-0.2, 0) is 9.47 Å². The lowest BCUT2D eigenvalue weighted by molar-refractivity contribution is 0.0457. The summed E-state index contributed by atoms with van der Waals surface area (Å²) in [5.74, 6) is 1.11. The highest BCUT2D eigenvalue weighted by molar-refractivity contribution is 6.07. The van der Waals surface area contributed by atoms with Crippen molar-refractivity contribution in [3.63, 3.8) is 0 Å². The minimum atomic E-state index is -0.593. The molecule has 0 unspecified atom stereocenters. The van der Waals surface area contributed by atoms with Crippen LogP contribution in [-0.4, -0.2) is 38.9 Å². The van der Waals surface area contributed by atoms with Crippen molar-refractivity contribution in [1.29, 1.82) is 0 Å². The number of amides is 1. The summed E-state index contributed by atoms with van der Waals surface area (Å²) in [5.41, 5.74) is 2.05. The van der Waals surface area contributed by atoms with Crippen molar-refractivity contribution in [2.45, 2.75) is 38.1 Å². The van der Waals surface area contributed by atoms with E-state index in [0.29, 0.717) is 30.5 Å². The number of carbonyl (C=O) groups is 1. The molecule has 1 aliphatic rings. The van der Waals surface area contributed by atoms with Crippen molar-refractivity contribution in [3.05, 3.63) is 35.1 Å². The Labute approximate surface area is 142 Å². The molecule has 0 spiro atoms. The van der Waals surface area contributed by atoms with E-state index in [1.165, 1.54) is 18.4 Å². The number of hydrogen-bond acceptors (Lipinski definition) is 4. The van der Waals surface area contributed by atoms with Gasteiger partial charge in [0.2, 0.25) is 0 Å². The van der Waals surface area contributed by atoms with Crippen molar-refractivity contribution in [1.82, 2.24) is 5.32 Å². The third-order valence-electron chi connectivity index (χ3n) is 4.51. The van der Waals surface area contributed by atoms with Crippen LogP contribution in [0.15, 0.2) is 22.6 Å². The molecule has 0 bridgehead atoms. The largest absolute Gasteiger partial charge is 0.461 e. The summed E-state index contributed by atoms with van der Waals surface area (Å²) >= 11 is 0. The molecule has 1 aromatic carbocycles. The summed E-state index contributed by atoms with van der Waals surface area (Å²) in [6, 6.07) is 6.17. The quantitative estimate of drug-likeness (QED) is 0.845. The summed E-state index contributed by atoms with van der Waals surface area (Å²) in [5, 5.41) is 3.93. The van der Waals surface area contributed by atoms with Gasteiger partial charge in [0.25, 0.3) is 5.91 Å². The number of fused-ring (bicyclic) bond motifs is 1. The van der Waals surface area contributed by atoms with Crippen LogP contribution in [0.4, 0.5) is 0 Å². The fourth-order valence-electron chi connectivity index (χ4n) is 3.28. The molecule has 1 N–H and O–H groups in total. The maximum atomic E-state index is 12.9. The van der Waals surface area contributed by atoms with E-state index < -0.39 is 5.54 Å². The van der Waals surface area contributed by atoms with Gasteiger partial charge in [0, 0.05) is 19.6 Å². The van der Waals surface area contributed by atoms with Gasteiger partial charge in [-0.05, 0) is 50.3 Å². The van der Waals surface area contributed by atoms with Crippen molar-refractivity contribution < 1.29 is 18.7 Å². The third-order valence-corrected chi connectivity index (χ3v) is 4.51. The van der Waals surface area contributed by atoms with Gasteiger partial charge >= 0.3 is 0 Å². The summed E-state index contributed by atoms with van der Waals surface area (Å²) in [7, 11) is 3.22. The predicted molar refractivity (Wildman–Crippen MR) is 92.5 cm³/mol. The molecule has 24 heavy (non-hydrogen) atoms. The molecule has 0 radical (unpaired) electrons. The number of aryl methyl sites for hydroxylation is 1. The first-order valence-corrected chi connectivity index (χ1v) is 8.31. The van der Waals surface area contributed by atoms with Crippen LogP contribution in [0.25, 0.3) is 11.0 Å².